The lowest BCUT2D eigenvalue weighted by Crippen LogP contribution is -2.26. The molecular weight excluding hydrogens is 240 g/mol. The van der Waals surface area contributed by atoms with E-state index >= 15 is 0 Å². The van der Waals surface area contributed by atoms with Crippen molar-refractivity contribution in [3.63, 3.8) is 0 Å². The van der Waals surface area contributed by atoms with E-state index in [0.717, 1.165) is 0 Å². The van der Waals surface area contributed by atoms with Crippen molar-refractivity contribution in [1.29, 1.82) is 0 Å². The molecule has 0 bridgehead atoms. The van der Waals surface area contributed by atoms with E-state index in [9.17, 15) is 13.2 Å². The number of benzene rings is 1. The minimum Gasteiger partial charge on any atom is -0.342 e. The van der Waals surface area contributed by atoms with Gasteiger partial charge in [-0.15, -0.1) is 0 Å². The predicted molar refractivity (Wildman–Crippen MR) is 65.2 cm³/mol. The number of nitrogens with two attached hydrogens (primary N) is 1. The van der Waals surface area contributed by atoms with Crippen LogP contribution in [-0.2, 0) is 10.0 Å². The maximum absolute atomic E-state index is 11.9. The summed E-state index contributed by atoms with van der Waals surface area (Å²) in [5, 5.41) is 5.08. The van der Waals surface area contributed by atoms with Gasteiger partial charge in [0, 0.05) is 19.2 Å². The van der Waals surface area contributed by atoms with Crippen LogP contribution >= 0.6 is 0 Å². The molecule has 0 fully saturated rings. The maximum atomic E-state index is 11.9. The zero-order chi connectivity index (χ0) is 13.2. The molecule has 17 heavy (non-hydrogen) atoms. The van der Waals surface area contributed by atoms with E-state index in [-0.39, 0.29) is 10.8 Å². The topological polar surface area (TPSA) is 80.5 Å². The third kappa shape index (κ3) is 3.04. The van der Waals surface area contributed by atoms with Crippen molar-refractivity contribution >= 4 is 15.9 Å². The Kier molecular flexibility index (Phi) is 3.90. The van der Waals surface area contributed by atoms with Crippen molar-refractivity contribution in [3.8, 4) is 0 Å². The standard InChI is InChI=1S/C11H16N2O3S/c1-4-13(3)11(14)9-6-5-8(2)10(7-9)17(12,15)16/h5-7H,4H2,1-3H3,(H2,12,15,16). The average Bonchev–Trinajstić information content (AvgIpc) is 2.26. The van der Waals surface area contributed by atoms with E-state index in [2.05, 4.69) is 0 Å². The fraction of sp³-hybridized carbons (Fsp3) is 0.364. The number of carbonyl (C=O) groups is 1. The van der Waals surface area contributed by atoms with Crippen molar-refractivity contribution < 1.29 is 13.2 Å². The molecule has 94 valence electrons. The van der Waals surface area contributed by atoms with Crippen LogP contribution in [0.15, 0.2) is 23.1 Å². The van der Waals surface area contributed by atoms with Gasteiger partial charge in [0.05, 0.1) is 4.90 Å². The number of primary sulfonamides is 1. The van der Waals surface area contributed by atoms with Gasteiger partial charge in [0.15, 0.2) is 0 Å². The van der Waals surface area contributed by atoms with Crippen LogP contribution in [0, 0.1) is 6.92 Å². The van der Waals surface area contributed by atoms with Crippen molar-refractivity contribution in [3.05, 3.63) is 29.3 Å². The molecule has 0 aliphatic heterocycles. The average molecular weight is 256 g/mol. The SMILES string of the molecule is CCN(C)C(=O)c1ccc(C)c(S(N)(=O)=O)c1. The second-order valence-corrected chi connectivity index (χ2v) is 5.37. The highest BCUT2D eigenvalue weighted by Crippen LogP contribution is 2.16. The first-order valence-electron chi connectivity index (χ1n) is 5.16. The first kappa shape index (κ1) is 13.7. The number of nitrogens with zero attached hydrogens (tertiary/aromatic N) is 1. The Morgan fingerprint density at radius 1 is 1.41 bits per heavy atom. The Balaban J connectivity index is 3.27. The van der Waals surface area contributed by atoms with Crippen LogP contribution < -0.4 is 5.14 Å². The summed E-state index contributed by atoms with van der Waals surface area (Å²) in [5.41, 5.74) is 0.854. The molecule has 0 spiro atoms. The molecule has 0 aromatic heterocycles. The van der Waals surface area contributed by atoms with Crippen molar-refractivity contribution in [2.45, 2.75) is 18.7 Å². The molecule has 0 saturated heterocycles. The molecule has 6 heteroatoms. The highest BCUT2D eigenvalue weighted by molar-refractivity contribution is 7.89. The van der Waals surface area contributed by atoms with Gasteiger partial charge in [0.25, 0.3) is 5.91 Å². The van der Waals surface area contributed by atoms with E-state index < -0.39 is 10.0 Å². The second-order valence-electron chi connectivity index (χ2n) is 3.84. The molecule has 0 aliphatic rings. The number of hydrogen-bond acceptors (Lipinski definition) is 3. The molecule has 1 rings (SSSR count). The van der Waals surface area contributed by atoms with Gasteiger partial charge in [0.2, 0.25) is 10.0 Å². The van der Waals surface area contributed by atoms with Gasteiger partial charge in [-0.3, -0.25) is 4.79 Å². The zero-order valence-electron chi connectivity index (χ0n) is 10.1. The monoisotopic (exact) mass is 256 g/mol. The number of sulfonamides is 1. The summed E-state index contributed by atoms with van der Waals surface area (Å²) in [5.74, 6) is -0.225. The van der Waals surface area contributed by atoms with Crippen molar-refractivity contribution in [1.82, 2.24) is 4.90 Å². The van der Waals surface area contributed by atoms with E-state index in [4.69, 9.17) is 5.14 Å². The highest BCUT2D eigenvalue weighted by Gasteiger charge is 2.16. The summed E-state index contributed by atoms with van der Waals surface area (Å²) < 4.78 is 22.6. The van der Waals surface area contributed by atoms with Crippen LogP contribution in [0.2, 0.25) is 0 Å². The van der Waals surface area contributed by atoms with Gasteiger partial charge in [0.1, 0.15) is 0 Å². The fourth-order valence-electron chi connectivity index (χ4n) is 1.40. The molecular formula is C11H16N2O3S. The van der Waals surface area contributed by atoms with E-state index in [0.29, 0.717) is 17.7 Å². The summed E-state index contributed by atoms with van der Waals surface area (Å²) >= 11 is 0. The minimum atomic E-state index is -3.79. The minimum absolute atomic E-state index is 0.00662. The fourth-order valence-corrected chi connectivity index (χ4v) is 2.21. The molecule has 0 aliphatic carbocycles. The summed E-state index contributed by atoms with van der Waals surface area (Å²) in [6.45, 7) is 4.03. The lowest BCUT2D eigenvalue weighted by atomic mass is 10.1. The van der Waals surface area contributed by atoms with Crippen molar-refractivity contribution in [2.24, 2.45) is 5.14 Å². The summed E-state index contributed by atoms with van der Waals surface area (Å²) in [6, 6.07) is 4.49. The smallest absolute Gasteiger partial charge is 0.253 e. The van der Waals surface area contributed by atoms with Gasteiger partial charge in [-0.2, -0.15) is 0 Å². The quantitative estimate of drug-likeness (QED) is 0.865. The molecule has 5 nitrogen and oxygen atoms in total. The molecule has 0 atom stereocenters. The predicted octanol–water partition coefficient (Wildman–Crippen LogP) is 0.734. The Labute approximate surface area is 101 Å². The van der Waals surface area contributed by atoms with E-state index in [1.54, 1.807) is 26.1 Å². The number of amides is 1. The van der Waals surface area contributed by atoms with Crippen LogP contribution in [0.5, 0.6) is 0 Å². The summed E-state index contributed by atoms with van der Waals surface area (Å²) in [4.78, 5) is 13.3. The number of rotatable bonds is 3. The molecule has 1 aromatic carbocycles. The molecule has 0 unspecified atom stereocenters. The van der Waals surface area contributed by atoms with Gasteiger partial charge in [-0.25, -0.2) is 13.6 Å². The van der Waals surface area contributed by atoms with Crippen LogP contribution in [0.3, 0.4) is 0 Å². The normalized spacial score (nSPS) is 11.3. The summed E-state index contributed by atoms with van der Waals surface area (Å²) in [6.07, 6.45) is 0. The molecule has 0 saturated carbocycles. The Morgan fingerprint density at radius 2 is 2.00 bits per heavy atom. The number of aryl methyl sites for hydroxylation is 1. The van der Waals surface area contributed by atoms with Gasteiger partial charge < -0.3 is 4.90 Å². The van der Waals surface area contributed by atoms with Crippen LogP contribution in [-0.4, -0.2) is 32.8 Å². The van der Waals surface area contributed by atoms with Crippen LogP contribution in [0.25, 0.3) is 0 Å². The Morgan fingerprint density at radius 3 is 2.47 bits per heavy atom. The third-order valence-electron chi connectivity index (χ3n) is 2.56. The Bertz CT molecular complexity index is 538. The Hall–Kier alpha value is -1.40. The largest absolute Gasteiger partial charge is 0.342 e. The lowest BCUT2D eigenvalue weighted by Gasteiger charge is -2.15. The third-order valence-corrected chi connectivity index (χ3v) is 3.62. The van der Waals surface area contributed by atoms with E-state index in [1.807, 2.05) is 6.92 Å². The molecule has 0 heterocycles. The number of hydrogen-bond donors (Lipinski definition) is 1. The molecule has 1 aromatic rings. The first-order chi connectivity index (χ1) is 7.77. The second kappa shape index (κ2) is 4.85. The van der Waals surface area contributed by atoms with Gasteiger partial charge in [-0.1, -0.05) is 6.07 Å². The zero-order valence-corrected chi connectivity index (χ0v) is 10.9. The van der Waals surface area contributed by atoms with Crippen LogP contribution in [0.4, 0.5) is 0 Å². The van der Waals surface area contributed by atoms with Gasteiger partial charge >= 0.3 is 0 Å². The molecule has 1 amide bonds. The first-order valence-corrected chi connectivity index (χ1v) is 6.71. The molecule has 2 N–H and O–H groups in total. The number of carbonyl (C=O) groups excluding carboxylic acids is 1. The highest BCUT2D eigenvalue weighted by atomic mass is 32.2. The van der Waals surface area contributed by atoms with Gasteiger partial charge in [-0.05, 0) is 31.5 Å². The van der Waals surface area contributed by atoms with E-state index in [1.165, 1.54) is 11.0 Å². The lowest BCUT2D eigenvalue weighted by molar-refractivity contribution is 0.0802. The van der Waals surface area contributed by atoms with Crippen molar-refractivity contribution in [2.75, 3.05) is 13.6 Å². The van der Waals surface area contributed by atoms with Crippen LogP contribution in [0.1, 0.15) is 22.8 Å². The molecule has 0 radical (unpaired) electrons. The maximum Gasteiger partial charge on any atom is 0.253 e. The summed E-state index contributed by atoms with van der Waals surface area (Å²) in [7, 11) is -2.14.